The Kier molecular flexibility index (Phi) is 3.82. The first-order chi connectivity index (χ1) is 3.62. The third-order valence-electron chi connectivity index (χ3n) is 0.815. The molecule has 8 heavy (non-hydrogen) atoms. The largest absolute Gasteiger partial charge is 0.810 e. The van der Waals surface area contributed by atoms with E-state index >= 15 is 0 Å². The average Bonchev–Trinajstić information content (AvgIpc) is 1.67. The second-order valence-electron chi connectivity index (χ2n) is 1.50. The van der Waals surface area contributed by atoms with Gasteiger partial charge in [-0.25, -0.2) is 0 Å². The van der Waals surface area contributed by atoms with Crippen LogP contribution in [0.2, 0.25) is 0 Å². The van der Waals surface area contributed by atoms with Gasteiger partial charge in [0.2, 0.25) is 0 Å². The summed E-state index contributed by atoms with van der Waals surface area (Å²) in [5.74, 6) is 0. The second-order valence-corrected chi connectivity index (χ2v) is 5.57. The van der Waals surface area contributed by atoms with Crippen molar-refractivity contribution in [3.63, 3.8) is 0 Å². The van der Waals surface area contributed by atoms with E-state index in [1.165, 1.54) is 0 Å². The van der Waals surface area contributed by atoms with Crippen LogP contribution in [0.25, 0.3) is 0 Å². The molecule has 50 valence electrons. The number of rotatable bonds is 3. The van der Waals surface area contributed by atoms with Gasteiger partial charge in [0.05, 0.1) is 0 Å². The summed E-state index contributed by atoms with van der Waals surface area (Å²) in [6, 6.07) is 0. The highest BCUT2D eigenvalue weighted by Crippen LogP contribution is 2.27. The molecule has 0 fully saturated rings. The van der Waals surface area contributed by atoms with Crippen molar-refractivity contribution >= 4 is 18.2 Å². The summed E-state index contributed by atoms with van der Waals surface area (Å²) in [5, 5.41) is 2.74. The van der Waals surface area contributed by atoms with E-state index in [9.17, 15) is 4.89 Å². The quantitative estimate of drug-likeness (QED) is 0.590. The van der Waals surface area contributed by atoms with E-state index in [1.54, 1.807) is 0 Å². The lowest BCUT2D eigenvalue weighted by Gasteiger charge is -2.26. The molecule has 0 amide bonds. The first kappa shape index (κ1) is 8.57. The standard InChI is InChI=1S/C4H12NOPS/c1-3-5-7(6,8)4-2/h3-4H2,1-2H3,(H2,5,6,8)/p-1. The number of nitrogens with one attached hydrogen (secondary N) is 1. The van der Waals surface area contributed by atoms with Crippen LogP contribution in [0.5, 0.6) is 0 Å². The molecule has 0 saturated carbocycles. The van der Waals surface area contributed by atoms with Crippen LogP contribution in [0, 0.1) is 0 Å². The molecule has 0 saturated heterocycles. The summed E-state index contributed by atoms with van der Waals surface area (Å²) < 4.78 is 0. The normalized spacial score (nSPS) is 17.9. The van der Waals surface area contributed by atoms with Crippen LogP contribution in [0.1, 0.15) is 13.8 Å². The predicted molar refractivity (Wildman–Crippen MR) is 38.5 cm³/mol. The highest BCUT2D eigenvalue weighted by atomic mass is 32.4. The van der Waals surface area contributed by atoms with Crippen molar-refractivity contribution in [2.24, 2.45) is 0 Å². The Morgan fingerprint density at radius 2 is 2.12 bits per heavy atom. The van der Waals surface area contributed by atoms with Gasteiger partial charge in [-0.2, -0.15) is 0 Å². The molecule has 0 aliphatic rings. The monoisotopic (exact) mass is 152 g/mol. The molecule has 2 nitrogen and oxygen atoms in total. The van der Waals surface area contributed by atoms with E-state index < -0.39 is 6.42 Å². The van der Waals surface area contributed by atoms with E-state index in [-0.39, 0.29) is 0 Å². The molecule has 0 aromatic heterocycles. The van der Waals surface area contributed by atoms with E-state index in [2.05, 4.69) is 16.9 Å². The number of hydrogen-bond donors (Lipinski definition) is 1. The molecule has 0 heterocycles. The van der Waals surface area contributed by atoms with Gasteiger partial charge >= 0.3 is 0 Å². The molecule has 1 atom stereocenters. The van der Waals surface area contributed by atoms with Gasteiger partial charge in [-0.3, -0.25) is 0 Å². The van der Waals surface area contributed by atoms with Gasteiger partial charge in [0.1, 0.15) is 0 Å². The van der Waals surface area contributed by atoms with Gasteiger partial charge in [-0.1, -0.05) is 32.1 Å². The van der Waals surface area contributed by atoms with Gasteiger partial charge in [-0.05, 0) is 12.7 Å². The van der Waals surface area contributed by atoms with Crippen LogP contribution in [0.3, 0.4) is 0 Å². The first-order valence-electron chi connectivity index (χ1n) is 2.67. The fourth-order valence-electron chi connectivity index (χ4n) is 0.353. The molecule has 0 bridgehead atoms. The fourth-order valence-corrected chi connectivity index (χ4v) is 1.45. The summed E-state index contributed by atoms with van der Waals surface area (Å²) in [6.45, 7) is 4.43. The summed E-state index contributed by atoms with van der Waals surface area (Å²) in [7, 11) is 0. The maximum Gasteiger partial charge on any atom is -0.00422 e. The summed E-state index contributed by atoms with van der Waals surface area (Å²) in [4.78, 5) is 10.9. The third-order valence-corrected chi connectivity index (χ3v) is 3.61. The van der Waals surface area contributed by atoms with Gasteiger partial charge in [0, 0.05) is 0 Å². The van der Waals surface area contributed by atoms with Crippen molar-refractivity contribution < 1.29 is 4.89 Å². The Bertz CT molecular complexity index is 106. The SMILES string of the molecule is CCNP([O-])(=S)CC. The topological polar surface area (TPSA) is 35.1 Å². The lowest BCUT2D eigenvalue weighted by atomic mass is 10.8. The molecule has 0 aromatic carbocycles. The summed E-state index contributed by atoms with van der Waals surface area (Å²) in [6.07, 6.45) is -1.77. The molecule has 1 unspecified atom stereocenters. The third kappa shape index (κ3) is 3.56. The van der Waals surface area contributed by atoms with Gasteiger partial charge in [0.15, 0.2) is 0 Å². The van der Waals surface area contributed by atoms with Crippen molar-refractivity contribution in [1.29, 1.82) is 0 Å². The molecular weight excluding hydrogens is 141 g/mol. The van der Waals surface area contributed by atoms with E-state index in [0.29, 0.717) is 12.7 Å². The van der Waals surface area contributed by atoms with Crippen molar-refractivity contribution in [2.75, 3.05) is 12.7 Å². The fraction of sp³-hybridized carbons (Fsp3) is 1.00. The Morgan fingerprint density at radius 3 is 2.25 bits per heavy atom. The van der Waals surface area contributed by atoms with E-state index in [0.717, 1.165) is 0 Å². The van der Waals surface area contributed by atoms with Crippen molar-refractivity contribution in [1.82, 2.24) is 5.09 Å². The van der Waals surface area contributed by atoms with Crippen molar-refractivity contribution in [3.8, 4) is 0 Å². The van der Waals surface area contributed by atoms with Gasteiger partial charge in [0.25, 0.3) is 0 Å². The molecule has 0 rings (SSSR count). The van der Waals surface area contributed by atoms with Crippen LogP contribution in [0.15, 0.2) is 0 Å². The summed E-state index contributed by atoms with van der Waals surface area (Å²) >= 11 is 4.69. The maximum atomic E-state index is 10.9. The summed E-state index contributed by atoms with van der Waals surface area (Å²) in [5.41, 5.74) is 0. The van der Waals surface area contributed by atoms with Crippen LogP contribution >= 0.6 is 6.42 Å². The van der Waals surface area contributed by atoms with E-state index in [1.807, 2.05) is 13.8 Å². The lowest BCUT2D eigenvalue weighted by Crippen LogP contribution is -2.19. The van der Waals surface area contributed by atoms with Crippen LogP contribution in [-0.4, -0.2) is 12.7 Å². The molecule has 1 N–H and O–H groups in total. The molecule has 0 aliphatic carbocycles. The minimum absolute atomic E-state index is 0.566. The van der Waals surface area contributed by atoms with Crippen molar-refractivity contribution in [2.45, 2.75) is 13.8 Å². The zero-order valence-electron chi connectivity index (χ0n) is 5.18. The molecular formula is C4H11NOPS-. The minimum Gasteiger partial charge on any atom is -0.810 e. The highest BCUT2D eigenvalue weighted by molar-refractivity contribution is 8.10. The van der Waals surface area contributed by atoms with E-state index in [4.69, 9.17) is 0 Å². The molecule has 0 radical (unpaired) electrons. The second kappa shape index (κ2) is 3.57. The molecule has 0 aromatic rings. The zero-order valence-corrected chi connectivity index (χ0v) is 6.89. The molecule has 0 spiro atoms. The average molecular weight is 152 g/mol. The Hall–Kier alpha value is 0.570. The lowest BCUT2D eigenvalue weighted by molar-refractivity contribution is -0.163. The van der Waals surface area contributed by atoms with Crippen LogP contribution in [0.4, 0.5) is 0 Å². The highest BCUT2D eigenvalue weighted by Gasteiger charge is 1.92. The van der Waals surface area contributed by atoms with Crippen LogP contribution < -0.4 is 9.98 Å². The Balaban J connectivity index is 3.55. The zero-order chi connectivity index (χ0) is 6.62. The molecule has 0 aliphatic heterocycles. The van der Waals surface area contributed by atoms with Crippen molar-refractivity contribution in [3.05, 3.63) is 0 Å². The Labute approximate surface area is 55.4 Å². The maximum absolute atomic E-state index is 10.9. The van der Waals surface area contributed by atoms with Gasteiger partial charge in [-0.15, -0.1) is 0 Å². The minimum atomic E-state index is -2.34. The number of hydrogen-bond acceptors (Lipinski definition) is 2. The molecule has 4 heteroatoms. The predicted octanol–water partition coefficient (Wildman–Crippen LogP) is 0.286. The van der Waals surface area contributed by atoms with Gasteiger partial charge < -0.3 is 9.98 Å². The first-order valence-corrected chi connectivity index (χ1v) is 5.58. The smallest absolute Gasteiger partial charge is 0.00422 e. The van der Waals surface area contributed by atoms with Crippen LogP contribution in [-0.2, 0) is 11.8 Å². The Morgan fingerprint density at radius 1 is 1.62 bits per heavy atom.